The molecule has 2 aliphatic carbocycles. The molecule has 3 heteroatoms. The summed E-state index contributed by atoms with van der Waals surface area (Å²) in [4.78, 5) is 0. The van der Waals surface area contributed by atoms with E-state index in [1.165, 1.54) is 0 Å². The largest absolute Gasteiger partial charge is 0.376 e. The molecule has 1 aromatic carbocycles. The van der Waals surface area contributed by atoms with Gasteiger partial charge in [0.05, 0.1) is 23.1 Å². The summed E-state index contributed by atoms with van der Waals surface area (Å²) in [5.41, 5.74) is -0.648. The Bertz CT molecular complexity index is 718. The molecule has 0 heterocycles. The summed E-state index contributed by atoms with van der Waals surface area (Å²) in [6.07, 6.45) is 5.52. The van der Waals surface area contributed by atoms with Crippen LogP contribution in [0.3, 0.4) is 0 Å². The highest BCUT2D eigenvalue weighted by molar-refractivity contribution is 5.44. The number of aliphatic hydroxyl groups is 1. The molecular formula is C19H18N2O. The zero-order valence-corrected chi connectivity index (χ0v) is 12.5. The average Bonchev–Trinajstić information content (AvgIpc) is 3.18. The fourth-order valence-electron chi connectivity index (χ4n) is 3.49. The van der Waals surface area contributed by atoms with Gasteiger partial charge in [-0.25, -0.2) is 0 Å². The molecule has 0 radical (unpaired) electrons. The predicted molar refractivity (Wildman–Crippen MR) is 82.2 cm³/mol. The minimum Gasteiger partial charge on any atom is -0.376 e. The Kier molecular flexibility index (Phi) is 3.66. The lowest BCUT2D eigenvalue weighted by Gasteiger charge is -2.33. The summed E-state index contributed by atoms with van der Waals surface area (Å²) in [7, 11) is 0. The van der Waals surface area contributed by atoms with Gasteiger partial charge in [0.25, 0.3) is 0 Å². The van der Waals surface area contributed by atoms with Crippen LogP contribution in [0.2, 0.25) is 0 Å². The monoisotopic (exact) mass is 290 g/mol. The van der Waals surface area contributed by atoms with Crippen LogP contribution in [0, 0.1) is 45.8 Å². The SMILES string of the molecule is N#Cc1cccc(C#C[C@](O)(C2CCCC2)C2(C#N)CC2)c1. The highest BCUT2D eigenvalue weighted by Crippen LogP contribution is 2.58. The summed E-state index contributed by atoms with van der Waals surface area (Å²) in [5.74, 6) is 6.13. The minimum atomic E-state index is -1.22. The molecule has 1 aromatic rings. The molecule has 0 amide bonds. The topological polar surface area (TPSA) is 67.8 Å². The van der Waals surface area contributed by atoms with Crippen LogP contribution in [0.25, 0.3) is 0 Å². The highest BCUT2D eigenvalue weighted by Gasteiger charge is 2.62. The van der Waals surface area contributed by atoms with Crippen LogP contribution in [0.5, 0.6) is 0 Å². The minimum absolute atomic E-state index is 0.0845. The Morgan fingerprint density at radius 3 is 2.41 bits per heavy atom. The van der Waals surface area contributed by atoms with Crippen LogP contribution in [-0.4, -0.2) is 10.7 Å². The van der Waals surface area contributed by atoms with E-state index in [2.05, 4.69) is 24.0 Å². The normalized spacial score (nSPS) is 21.8. The van der Waals surface area contributed by atoms with Gasteiger partial charge in [-0.3, -0.25) is 0 Å². The molecule has 0 saturated heterocycles. The van der Waals surface area contributed by atoms with Crippen molar-refractivity contribution >= 4 is 0 Å². The molecule has 3 rings (SSSR count). The molecule has 1 atom stereocenters. The zero-order chi connectivity index (χ0) is 15.6. The first-order chi connectivity index (χ1) is 10.6. The molecule has 2 aliphatic rings. The van der Waals surface area contributed by atoms with Crippen LogP contribution < -0.4 is 0 Å². The smallest absolute Gasteiger partial charge is 0.147 e. The highest BCUT2D eigenvalue weighted by atomic mass is 16.3. The van der Waals surface area contributed by atoms with Gasteiger partial charge in [0.2, 0.25) is 0 Å². The quantitative estimate of drug-likeness (QED) is 0.851. The lowest BCUT2D eigenvalue weighted by atomic mass is 9.74. The van der Waals surface area contributed by atoms with Gasteiger partial charge in [-0.15, -0.1) is 0 Å². The van der Waals surface area contributed by atoms with E-state index in [-0.39, 0.29) is 5.92 Å². The molecule has 0 unspecified atom stereocenters. The summed E-state index contributed by atoms with van der Waals surface area (Å²) in [6.45, 7) is 0. The van der Waals surface area contributed by atoms with Gasteiger partial charge in [-0.05, 0) is 43.9 Å². The Labute approximate surface area is 131 Å². The maximum absolute atomic E-state index is 11.2. The van der Waals surface area contributed by atoms with Gasteiger partial charge < -0.3 is 5.11 Å². The van der Waals surface area contributed by atoms with Crippen LogP contribution >= 0.6 is 0 Å². The van der Waals surface area contributed by atoms with E-state index in [0.717, 1.165) is 38.5 Å². The van der Waals surface area contributed by atoms with Crippen LogP contribution in [0.15, 0.2) is 24.3 Å². The molecule has 2 saturated carbocycles. The van der Waals surface area contributed by atoms with Gasteiger partial charge in [0.15, 0.2) is 0 Å². The lowest BCUT2D eigenvalue weighted by Crippen LogP contribution is -2.44. The molecule has 1 N–H and O–H groups in total. The summed E-state index contributed by atoms with van der Waals surface area (Å²) in [6, 6.07) is 11.5. The molecular weight excluding hydrogens is 272 g/mol. The Hall–Kier alpha value is -2.28. The van der Waals surface area contributed by atoms with Gasteiger partial charge in [-0.2, -0.15) is 10.5 Å². The number of hydrogen-bond acceptors (Lipinski definition) is 3. The van der Waals surface area contributed by atoms with E-state index in [1.807, 2.05) is 6.07 Å². The van der Waals surface area contributed by atoms with Gasteiger partial charge in [-0.1, -0.05) is 30.7 Å². The van der Waals surface area contributed by atoms with Crippen molar-refractivity contribution in [1.29, 1.82) is 10.5 Å². The molecule has 2 fully saturated rings. The molecule has 0 spiro atoms. The summed E-state index contributed by atoms with van der Waals surface area (Å²) in [5, 5.41) is 29.7. The van der Waals surface area contributed by atoms with E-state index < -0.39 is 11.0 Å². The molecule has 110 valence electrons. The number of hydrogen-bond donors (Lipinski definition) is 1. The predicted octanol–water partition coefficient (Wildman–Crippen LogP) is 3.13. The lowest BCUT2D eigenvalue weighted by molar-refractivity contribution is -0.00659. The fraction of sp³-hybridized carbons (Fsp3) is 0.474. The first-order valence-electron chi connectivity index (χ1n) is 7.80. The summed E-state index contributed by atoms with van der Waals surface area (Å²) < 4.78 is 0. The third-order valence-corrected chi connectivity index (χ3v) is 5.03. The maximum atomic E-state index is 11.2. The van der Waals surface area contributed by atoms with Gasteiger partial charge >= 0.3 is 0 Å². The fourth-order valence-corrected chi connectivity index (χ4v) is 3.49. The Balaban J connectivity index is 1.97. The molecule has 0 aromatic heterocycles. The van der Waals surface area contributed by atoms with E-state index in [0.29, 0.717) is 11.1 Å². The average molecular weight is 290 g/mol. The zero-order valence-electron chi connectivity index (χ0n) is 12.5. The second kappa shape index (κ2) is 5.49. The number of nitriles is 2. The van der Waals surface area contributed by atoms with Crippen molar-refractivity contribution in [2.75, 3.05) is 0 Å². The maximum Gasteiger partial charge on any atom is 0.147 e. The van der Waals surface area contributed by atoms with Gasteiger partial charge in [0, 0.05) is 11.5 Å². The van der Waals surface area contributed by atoms with Crippen molar-refractivity contribution in [3.05, 3.63) is 35.4 Å². The van der Waals surface area contributed by atoms with E-state index >= 15 is 0 Å². The van der Waals surface area contributed by atoms with Crippen molar-refractivity contribution < 1.29 is 5.11 Å². The number of rotatable bonds is 2. The van der Waals surface area contributed by atoms with Crippen LogP contribution in [-0.2, 0) is 0 Å². The third kappa shape index (κ3) is 2.37. The van der Waals surface area contributed by atoms with E-state index in [1.54, 1.807) is 18.2 Å². The van der Waals surface area contributed by atoms with Crippen molar-refractivity contribution in [2.24, 2.45) is 11.3 Å². The van der Waals surface area contributed by atoms with Crippen molar-refractivity contribution in [3.63, 3.8) is 0 Å². The molecule has 22 heavy (non-hydrogen) atoms. The number of benzene rings is 1. The standard InChI is InChI=1S/C19H18N2O/c20-13-16-5-3-4-15(12-16)8-9-19(22,17-6-1-2-7-17)18(14-21)10-11-18/h3-5,12,17,22H,1-2,6-7,10-11H2/t19-/m0/s1. The Morgan fingerprint density at radius 2 is 1.82 bits per heavy atom. The van der Waals surface area contributed by atoms with E-state index in [9.17, 15) is 10.4 Å². The second-order valence-electron chi connectivity index (χ2n) is 6.38. The first kappa shape index (κ1) is 14.6. The Morgan fingerprint density at radius 1 is 1.14 bits per heavy atom. The van der Waals surface area contributed by atoms with Crippen LogP contribution in [0.1, 0.15) is 49.7 Å². The van der Waals surface area contributed by atoms with Gasteiger partial charge in [0.1, 0.15) is 5.60 Å². The van der Waals surface area contributed by atoms with E-state index in [4.69, 9.17) is 5.26 Å². The number of nitrogens with zero attached hydrogens (tertiary/aromatic N) is 2. The van der Waals surface area contributed by atoms with Crippen molar-refractivity contribution in [1.82, 2.24) is 0 Å². The molecule has 3 nitrogen and oxygen atoms in total. The van der Waals surface area contributed by atoms with Crippen LogP contribution in [0.4, 0.5) is 0 Å². The first-order valence-corrected chi connectivity index (χ1v) is 7.80. The molecule has 0 aliphatic heterocycles. The van der Waals surface area contributed by atoms with Crippen molar-refractivity contribution in [2.45, 2.75) is 44.1 Å². The third-order valence-electron chi connectivity index (χ3n) is 5.03. The molecule has 0 bridgehead atoms. The van der Waals surface area contributed by atoms with Crippen molar-refractivity contribution in [3.8, 4) is 24.0 Å². The second-order valence-corrected chi connectivity index (χ2v) is 6.38. The summed E-state index contributed by atoms with van der Waals surface area (Å²) >= 11 is 0.